The molecular formula is C52H36N2. The lowest BCUT2D eigenvalue weighted by molar-refractivity contribution is 0.749. The SMILES string of the molecule is C1=C(c2ccccc2)N(c2ccc3c(-n4c5ccccc5c5ccccc54)c4ccccc4c(-c4ccc5ccccc5c4)c3c2)C(c2ccccc2)C1. The maximum atomic E-state index is 2.57. The molecule has 1 aromatic heterocycles. The van der Waals surface area contributed by atoms with Gasteiger partial charge in [0.2, 0.25) is 0 Å². The molecular weight excluding hydrogens is 653 g/mol. The molecule has 1 aliphatic rings. The second-order valence-electron chi connectivity index (χ2n) is 14.4. The van der Waals surface area contributed by atoms with Crippen LogP contribution in [0.5, 0.6) is 0 Å². The highest BCUT2D eigenvalue weighted by Crippen LogP contribution is 2.48. The summed E-state index contributed by atoms with van der Waals surface area (Å²) in [6.45, 7) is 0. The lowest BCUT2D eigenvalue weighted by Gasteiger charge is -2.31. The van der Waals surface area contributed by atoms with Gasteiger partial charge in [0.1, 0.15) is 0 Å². The molecule has 10 aromatic rings. The van der Waals surface area contributed by atoms with Crippen molar-refractivity contribution in [1.29, 1.82) is 0 Å². The number of benzene rings is 9. The molecule has 0 amide bonds. The molecule has 2 heteroatoms. The Morgan fingerprint density at radius 3 is 1.74 bits per heavy atom. The monoisotopic (exact) mass is 688 g/mol. The van der Waals surface area contributed by atoms with E-state index in [1.807, 2.05) is 0 Å². The Bertz CT molecular complexity index is 3030. The van der Waals surface area contributed by atoms with Crippen LogP contribution in [0.1, 0.15) is 23.6 Å². The van der Waals surface area contributed by atoms with Crippen molar-refractivity contribution in [3.05, 3.63) is 211 Å². The Labute approximate surface area is 314 Å². The van der Waals surface area contributed by atoms with Crippen molar-refractivity contribution in [1.82, 2.24) is 4.57 Å². The van der Waals surface area contributed by atoms with Crippen molar-refractivity contribution in [3.63, 3.8) is 0 Å². The third-order valence-electron chi connectivity index (χ3n) is 11.5. The predicted octanol–water partition coefficient (Wildman–Crippen LogP) is 13.9. The predicted molar refractivity (Wildman–Crippen MR) is 229 cm³/mol. The summed E-state index contributed by atoms with van der Waals surface area (Å²) in [6, 6.07) is 71.6. The number of nitrogens with zero attached hydrogens (tertiary/aromatic N) is 2. The Kier molecular flexibility index (Phi) is 7.03. The Morgan fingerprint density at radius 2 is 1.00 bits per heavy atom. The summed E-state index contributed by atoms with van der Waals surface area (Å²) in [6.07, 6.45) is 3.36. The van der Waals surface area contributed by atoms with E-state index in [-0.39, 0.29) is 6.04 Å². The van der Waals surface area contributed by atoms with Gasteiger partial charge in [-0.2, -0.15) is 0 Å². The van der Waals surface area contributed by atoms with Crippen molar-refractivity contribution in [2.45, 2.75) is 12.5 Å². The first-order valence-electron chi connectivity index (χ1n) is 18.9. The highest BCUT2D eigenvalue weighted by atomic mass is 15.2. The minimum atomic E-state index is 0.181. The first kappa shape index (κ1) is 30.7. The molecule has 11 rings (SSSR count). The van der Waals surface area contributed by atoms with E-state index in [0.29, 0.717) is 0 Å². The normalized spacial score (nSPS) is 14.5. The van der Waals surface area contributed by atoms with E-state index in [4.69, 9.17) is 0 Å². The summed E-state index contributed by atoms with van der Waals surface area (Å²) in [4.78, 5) is 2.57. The number of fused-ring (bicyclic) bond motifs is 6. The van der Waals surface area contributed by atoms with E-state index in [9.17, 15) is 0 Å². The second-order valence-corrected chi connectivity index (χ2v) is 14.4. The zero-order valence-corrected chi connectivity index (χ0v) is 29.7. The van der Waals surface area contributed by atoms with Gasteiger partial charge in [-0.1, -0.05) is 170 Å². The van der Waals surface area contributed by atoms with E-state index in [1.165, 1.54) is 93.4 Å². The van der Waals surface area contributed by atoms with Crippen LogP contribution >= 0.6 is 0 Å². The fraction of sp³-hybridized carbons (Fsp3) is 0.0385. The van der Waals surface area contributed by atoms with Crippen molar-refractivity contribution >= 4 is 65.5 Å². The molecule has 2 nitrogen and oxygen atoms in total. The highest BCUT2D eigenvalue weighted by Gasteiger charge is 2.30. The first-order valence-corrected chi connectivity index (χ1v) is 18.9. The molecule has 1 aliphatic heterocycles. The van der Waals surface area contributed by atoms with Gasteiger partial charge >= 0.3 is 0 Å². The maximum absolute atomic E-state index is 2.57. The summed E-state index contributed by atoms with van der Waals surface area (Å²) < 4.78 is 2.51. The molecule has 0 N–H and O–H groups in total. The van der Waals surface area contributed by atoms with Gasteiger partial charge in [-0.25, -0.2) is 0 Å². The minimum absolute atomic E-state index is 0.181. The van der Waals surface area contributed by atoms with Gasteiger partial charge < -0.3 is 9.47 Å². The number of aromatic nitrogens is 1. The molecule has 0 saturated heterocycles. The van der Waals surface area contributed by atoms with Crippen molar-refractivity contribution in [3.8, 4) is 16.8 Å². The average Bonchev–Trinajstić information content (AvgIpc) is 3.83. The third-order valence-corrected chi connectivity index (χ3v) is 11.5. The van der Waals surface area contributed by atoms with Crippen LogP contribution in [-0.2, 0) is 0 Å². The van der Waals surface area contributed by atoms with Crippen LogP contribution in [0.15, 0.2) is 200 Å². The van der Waals surface area contributed by atoms with Crippen LogP contribution in [0.3, 0.4) is 0 Å². The minimum Gasteiger partial charge on any atom is -0.333 e. The fourth-order valence-electron chi connectivity index (χ4n) is 9.09. The molecule has 0 saturated carbocycles. The molecule has 0 aliphatic carbocycles. The van der Waals surface area contributed by atoms with Gasteiger partial charge in [0.05, 0.1) is 22.8 Å². The van der Waals surface area contributed by atoms with Gasteiger partial charge in [-0.3, -0.25) is 0 Å². The van der Waals surface area contributed by atoms with Crippen molar-refractivity contribution < 1.29 is 0 Å². The van der Waals surface area contributed by atoms with Gasteiger partial charge in [0.15, 0.2) is 0 Å². The molecule has 1 atom stereocenters. The number of anilines is 1. The summed E-state index contributed by atoms with van der Waals surface area (Å²) in [5.41, 5.74) is 11.1. The van der Waals surface area contributed by atoms with Gasteiger partial charge in [0.25, 0.3) is 0 Å². The quantitative estimate of drug-likeness (QED) is 0.163. The van der Waals surface area contributed by atoms with Gasteiger partial charge in [0, 0.05) is 32.9 Å². The van der Waals surface area contributed by atoms with Crippen LogP contribution in [0.2, 0.25) is 0 Å². The van der Waals surface area contributed by atoms with E-state index in [2.05, 4.69) is 210 Å². The zero-order valence-electron chi connectivity index (χ0n) is 29.7. The Balaban J connectivity index is 1.26. The van der Waals surface area contributed by atoms with Crippen molar-refractivity contribution in [2.24, 2.45) is 0 Å². The Morgan fingerprint density at radius 1 is 0.407 bits per heavy atom. The van der Waals surface area contributed by atoms with Crippen LogP contribution < -0.4 is 4.90 Å². The molecule has 0 fully saturated rings. The van der Waals surface area contributed by atoms with E-state index < -0.39 is 0 Å². The van der Waals surface area contributed by atoms with Crippen LogP contribution in [0.25, 0.3) is 76.6 Å². The number of hydrogen-bond acceptors (Lipinski definition) is 1. The lowest BCUT2D eigenvalue weighted by atomic mass is 9.89. The lowest BCUT2D eigenvalue weighted by Crippen LogP contribution is -2.22. The average molecular weight is 689 g/mol. The summed E-state index contributed by atoms with van der Waals surface area (Å²) in [7, 11) is 0. The number of hydrogen-bond donors (Lipinski definition) is 0. The molecule has 9 aromatic carbocycles. The molecule has 0 radical (unpaired) electrons. The Hall–Kier alpha value is -6.90. The molecule has 1 unspecified atom stereocenters. The largest absolute Gasteiger partial charge is 0.333 e. The maximum Gasteiger partial charge on any atom is 0.0626 e. The molecule has 2 heterocycles. The summed E-state index contributed by atoms with van der Waals surface area (Å²) in [5, 5.41) is 9.97. The summed E-state index contributed by atoms with van der Waals surface area (Å²) in [5.74, 6) is 0. The summed E-state index contributed by atoms with van der Waals surface area (Å²) >= 11 is 0. The smallest absolute Gasteiger partial charge is 0.0626 e. The van der Waals surface area contributed by atoms with E-state index >= 15 is 0 Å². The standard InChI is InChI=1S/C52H36N2/c1-3-16-36(17-4-1)47-31-32-48(37-18-5-2-6-19-37)53(47)40-29-30-45-46(34-40)51(39-28-27-35-15-7-8-20-38(35)33-39)43-23-9-10-24-44(43)52(45)54-49-25-13-11-21-41(49)42-22-12-14-26-50(42)54/h1-31,33-34,48H,32H2. The third kappa shape index (κ3) is 4.74. The fourth-order valence-corrected chi connectivity index (χ4v) is 9.09. The molecule has 54 heavy (non-hydrogen) atoms. The van der Waals surface area contributed by atoms with Crippen LogP contribution in [-0.4, -0.2) is 4.57 Å². The second kappa shape index (κ2) is 12.4. The highest BCUT2D eigenvalue weighted by molar-refractivity contribution is 6.21. The number of para-hydroxylation sites is 2. The number of rotatable bonds is 5. The van der Waals surface area contributed by atoms with E-state index in [1.54, 1.807) is 0 Å². The van der Waals surface area contributed by atoms with E-state index in [0.717, 1.165) is 6.42 Å². The topological polar surface area (TPSA) is 8.17 Å². The van der Waals surface area contributed by atoms with Crippen molar-refractivity contribution in [2.75, 3.05) is 4.90 Å². The molecule has 254 valence electrons. The molecule has 0 spiro atoms. The van der Waals surface area contributed by atoms with Crippen LogP contribution in [0.4, 0.5) is 5.69 Å². The van der Waals surface area contributed by atoms with Gasteiger partial charge in [-0.15, -0.1) is 0 Å². The molecule has 0 bridgehead atoms. The van der Waals surface area contributed by atoms with Crippen LogP contribution in [0, 0.1) is 0 Å². The zero-order chi connectivity index (χ0) is 35.6. The van der Waals surface area contributed by atoms with Gasteiger partial charge in [-0.05, 0) is 80.6 Å². The first-order chi connectivity index (χ1) is 26.8.